The molecule has 3 aromatic rings. The summed E-state index contributed by atoms with van der Waals surface area (Å²) in [6, 6.07) is 8.38. The molecule has 5 heteroatoms. The Bertz CT molecular complexity index is 966. The van der Waals surface area contributed by atoms with Crippen LogP contribution >= 0.6 is 11.3 Å². The number of nitrogens with zero attached hydrogens (tertiary/aromatic N) is 3. The smallest absolute Gasteiger partial charge is 0.262 e. The highest BCUT2D eigenvalue weighted by Gasteiger charge is 2.17. The molecular weight excluding hydrogens is 342 g/mol. The summed E-state index contributed by atoms with van der Waals surface area (Å²) in [6.07, 6.45) is 0. The van der Waals surface area contributed by atoms with E-state index in [0.29, 0.717) is 13.1 Å². The SMILES string of the molecule is CCN(CC)Cc1nc2sc(C)c(C)c2c(=O)n1Cc1ccc(C)cc1. The minimum Gasteiger partial charge on any atom is -0.297 e. The quantitative estimate of drug-likeness (QED) is 0.651. The summed E-state index contributed by atoms with van der Waals surface area (Å²) < 4.78 is 1.87. The first-order valence-corrected chi connectivity index (χ1v) is 10.0. The molecule has 4 nitrogen and oxygen atoms in total. The van der Waals surface area contributed by atoms with Gasteiger partial charge in [-0.3, -0.25) is 14.3 Å². The zero-order chi connectivity index (χ0) is 18.8. The van der Waals surface area contributed by atoms with Crippen LogP contribution in [0.3, 0.4) is 0 Å². The number of benzene rings is 1. The van der Waals surface area contributed by atoms with Gasteiger partial charge in [0.1, 0.15) is 10.7 Å². The highest BCUT2D eigenvalue weighted by Crippen LogP contribution is 2.26. The van der Waals surface area contributed by atoms with Crippen molar-refractivity contribution >= 4 is 21.6 Å². The van der Waals surface area contributed by atoms with Crippen LogP contribution in [0.15, 0.2) is 29.1 Å². The Labute approximate surface area is 159 Å². The van der Waals surface area contributed by atoms with E-state index in [-0.39, 0.29) is 5.56 Å². The Morgan fingerprint density at radius 1 is 1.08 bits per heavy atom. The molecule has 3 rings (SSSR count). The van der Waals surface area contributed by atoms with Gasteiger partial charge in [-0.2, -0.15) is 0 Å². The molecule has 0 aliphatic rings. The van der Waals surface area contributed by atoms with Crippen LogP contribution in [-0.4, -0.2) is 27.5 Å². The van der Waals surface area contributed by atoms with Crippen LogP contribution in [-0.2, 0) is 13.1 Å². The summed E-state index contributed by atoms with van der Waals surface area (Å²) in [5, 5.41) is 0.780. The zero-order valence-corrected chi connectivity index (χ0v) is 17.1. The van der Waals surface area contributed by atoms with Crippen LogP contribution in [0.1, 0.15) is 41.2 Å². The molecule has 138 valence electrons. The molecule has 0 unspecified atom stereocenters. The number of thiophene rings is 1. The predicted molar refractivity (Wildman–Crippen MR) is 110 cm³/mol. The van der Waals surface area contributed by atoms with Crippen molar-refractivity contribution < 1.29 is 0 Å². The van der Waals surface area contributed by atoms with Crippen LogP contribution in [0.5, 0.6) is 0 Å². The monoisotopic (exact) mass is 369 g/mol. The van der Waals surface area contributed by atoms with Gasteiger partial charge in [-0.25, -0.2) is 4.98 Å². The summed E-state index contributed by atoms with van der Waals surface area (Å²) in [5.74, 6) is 0.855. The van der Waals surface area contributed by atoms with E-state index in [9.17, 15) is 4.79 Å². The van der Waals surface area contributed by atoms with Crippen molar-refractivity contribution in [3.05, 3.63) is 62.0 Å². The Kier molecular flexibility index (Phi) is 5.58. The first-order chi connectivity index (χ1) is 12.4. The van der Waals surface area contributed by atoms with Gasteiger partial charge in [-0.05, 0) is 45.0 Å². The fourth-order valence-electron chi connectivity index (χ4n) is 3.18. The van der Waals surface area contributed by atoms with Crippen molar-refractivity contribution in [2.24, 2.45) is 0 Å². The van der Waals surface area contributed by atoms with Crippen molar-refractivity contribution in [1.82, 2.24) is 14.5 Å². The molecule has 0 spiro atoms. The van der Waals surface area contributed by atoms with Crippen LogP contribution in [0.25, 0.3) is 10.2 Å². The summed E-state index contributed by atoms with van der Waals surface area (Å²) in [7, 11) is 0. The minimum atomic E-state index is 0.0829. The maximum Gasteiger partial charge on any atom is 0.262 e. The summed E-state index contributed by atoms with van der Waals surface area (Å²) in [5.41, 5.74) is 3.50. The van der Waals surface area contributed by atoms with Crippen molar-refractivity contribution in [2.45, 2.75) is 47.7 Å². The lowest BCUT2D eigenvalue weighted by molar-refractivity contribution is 0.282. The molecule has 1 aromatic carbocycles. The highest BCUT2D eigenvalue weighted by atomic mass is 32.1. The second kappa shape index (κ2) is 7.72. The van der Waals surface area contributed by atoms with Crippen LogP contribution in [0.2, 0.25) is 0 Å². The molecule has 2 heterocycles. The number of aromatic nitrogens is 2. The number of fused-ring (bicyclic) bond motifs is 1. The molecule has 2 aromatic heterocycles. The molecule has 0 atom stereocenters. The number of rotatable bonds is 6. The van der Waals surface area contributed by atoms with Gasteiger partial charge in [0.2, 0.25) is 0 Å². The average Bonchev–Trinajstić information content (AvgIpc) is 2.91. The third-order valence-electron chi connectivity index (χ3n) is 5.09. The van der Waals surface area contributed by atoms with E-state index in [4.69, 9.17) is 4.98 Å². The Balaban J connectivity index is 2.15. The van der Waals surface area contributed by atoms with Gasteiger partial charge < -0.3 is 0 Å². The first kappa shape index (κ1) is 18.8. The van der Waals surface area contributed by atoms with Gasteiger partial charge in [0.15, 0.2) is 0 Å². The first-order valence-electron chi connectivity index (χ1n) is 9.21. The normalized spacial score (nSPS) is 11.6. The average molecular weight is 370 g/mol. The highest BCUT2D eigenvalue weighted by molar-refractivity contribution is 7.18. The molecule has 0 aliphatic carbocycles. The number of aryl methyl sites for hydroxylation is 3. The van der Waals surface area contributed by atoms with Crippen molar-refractivity contribution in [3.63, 3.8) is 0 Å². The standard InChI is InChI=1S/C21H27N3OS/c1-6-23(7-2)13-18-22-20-19(15(4)16(5)26-20)21(25)24(18)12-17-10-8-14(3)9-11-17/h8-11H,6-7,12-13H2,1-5H3. The summed E-state index contributed by atoms with van der Waals surface area (Å²) in [6.45, 7) is 13.6. The number of hydrogen-bond acceptors (Lipinski definition) is 4. The lowest BCUT2D eigenvalue weighted by atomic mass is 10.1. The fourth-order valence-corrected chi connectivity index (χ4v) is 4.22. The lowest BCUT2D eigenvalue weighted by Gasteiger charge is -2.20. The van der Waals surface area contributed by atoms with Gasteiger partial charge in [-0.1, -0.05) is 43.7 Å². The van der Waals surface area contributed by atoms with Crippen LogP contribution in [0.4, 0.5) is 0 Å². The topological polar surface area (TPSA) is 38.1 Å². The second-order valence-corrected chi connectivity index (χ2v) is 8.03. The predicted octanol–water partition coefficient (Wildman–Crippen LogP) is 4.27. The molecular formula is C21H27N3OS. The van der Waals surface area contributed by atoms with Gasteiger partial charge in [0, 0.05) is 4.88 Å². The Morgan fingerprint density at radius 2 is 1.73 bits per heavy atom. The molecule has 26 heavy (non-hydrogen) atoms. The van der Waals surface area contributed by atoms with Crippen LogP contribution in [0, 0.1) is 20.8 Å². The van der Waals surface area contributed by atoms with Gasteiger partial charge in [-0.15, -0.1) is 11.3 Å². The summed E-state index contributed by atoms with van der Waals surface area (Å²) in [4.78, 5) is 22.6. The zero-order valence-electron chi connectivity index (χ0n) is 16.3. The van der Waals surface area contributed by atoms with Crippen molar-refractivity contribution in [1.29, 1.82) is 0 Å². The molecule has 0 aliphatic heterocycles. The van der Waals surface area contributed by atoms with E-state index >= 15 is 0 Å². The minimum absolute atomic E-state index is 0.0829. The molecule has 0 amide bonds. The maximum atomic E-state index is 13.3. The third-order valence-corrected chi connectivity index (χ3v) is 6.19. The Morgan fingerprint density at radius 3 is 2.35 bits per heavy atom. The van der Waals surface area contributed by atoms with E-state index in [0.717, 1.165) is 40.3 Å². The summed E-state index contributed by atoms with van der Waals surface area (Å²) >= 11 is 1.62. The van der Waals surface area contributed by atoms with Crippen molar-refractivity contribution in [3.8, 4) is 0 Å². The Hall–Kier alpha value is -1.98. The molecule has 0 fully saturated rings. The second-order valence-electron chi connectivity index (χ2n) is 6.83. The van der Waals surface area contributed by atoms with Gasteiger partial charge >= 0.3 is 0 Å². The third kappa shape index (κ3) is 3.60. The van der Waals surface area contributed by atoms with E-state index in [1.807, 2.05) is 11.5 Å². The van der Waals surface area contributed by atoms with E-state index < -0.39 is 0 Å². The lowest BCUT2D eigenvalue weighted by Crippen LogP contribution is -2.31. The van der Waals surface area contributed by atoms with E-state index in [1.54, 1.807) is 11.3 Å². The molecule has 0 saturated heterocycles. The number of hydrogen-bond donors (Lipinski definition) is 0. The molecule has 0 radical (unpaired) electrons. The molecule has 0 bridgehead atoms. The van der Waals surface area contributed by atoms with E-state index in [2.05, 4.69) is 56.9 Å². The van der Waals surface area contributed by atoms with E-state index in [1.165, 1.54) is 10.4 Å². The molecule has 0 N–H and O–H groups in total. The molecule has 0 saturated carbocycles. The maximum absolute atomic E-state index is 13.3. The largest absolute Gasteiger partial charge is 0.297 e. The van der Waals surface area contributed by atoms with Crippen molar-refractivity contribution in [2.75, 3.05) is 13.1 Å². The van der Waals surface area contributed by atoms with Gasteiger partial charge in [0.25, 0.3) is 5.56 Å². The fraction of sp³-hybridized carbons (Fsp3) is 0.429. The van der Waals surface area contributed by atoms with Gasteiger partial charge in [0.05, 0.1) is 18.5 Å². The van der Waals surface area contributed by atoms with Crippen LogP contribution < -0.4 is 5.56 Å².